The summed E-state index contributed by atoms with van der Waals surface area (Å²) in [6.07, 6.45) is 2.10. The Morgan fingerprint density at radius 2 is 1.68 bits per heavy atom. The second kappa shape index (κ2) is 8.98. The molecular weight excluding hydrogens is 438 g/mol. The van der Waals surface area contributed by atoms with Gasteiger partial charge in [-0.3, -0.25) is 9.59 Å². The molecule has 2 fully saturated rings. The Morgan fingerprint density at radius 1 is 1.03 bits per heavy atom. The van der Waals surface area contributed by atoms with E-state index < -0.39 is 10.0 Å². The average molecular weight is 462 g/mol. The zero-order valence-electron chi connectivity index (χ0n) is 17.0. The predicted molar refractivity (Wildman–Crippen MR) is 119 cm³/mol. The molecule has 2 saturated heterocycles. The maximum absolute atomic E-state index is 12.6. The molecule has 164 valence electrons. The highest BCUT2D eigenvalue weighted by molar-refractivity contribution is 7.89. The second-order valence-electron chi connectivity index (χ2n) is 7.90. The van der Waals surface area contributed by atoms with Gasteiger partial charge in [-0.1, -0.05) is 11.6 Å². The minimum absolute atomic E-state index is 0.00180. The van der Waals surface area contributed by atoms with Crippen LogP contribution in [-0.2, 0) is 14.8 Å². The van der Waals surface area contributed by atoms with Gasteiger partial charge in [-0.2, -0.15) is 4.31 Å². The van der Waals surface area contributed by atoms with Crippen molar-refractivity contribution >= 4 is 39.1 Å². The molecule has 2 aromatic carbocycles. The highest BCUT2D eigenvalue weighted by atomic mass is 35.5. The first-order valence-corrected chi connectivity index (χ1v) is 12.1. The Kier molecular flexibility index (Phi) is 6.31. The van der Waals surface area contributed by atoms with Crippen LogP contribution in [0.5, 0.6) is 0 Å². The lowest BCUT2D eigenvalue weighted by Crippen LogP contribution is -2.31. The number of amides is 2. The van der Waals surface area contributed by atoms with E-state index in [1.807, 2.05) is 0 Å². The van der Waals surface area contributed by atoms with E-state index in [0.29, 0.717) is 43.2 Å². The van der Waals surface area contributed by atoms with Gasteiger partial charge in [0.25, 0.3) is 5.91 Å². The second-order valence-corrected chi connectivity index (χ2v) is 10.3. The Hall–Kier alpha value is -2.42. The molecule has 1 N–H and O–H groups in total. The van der Waals surface area contributed by atoms with Gasteiger partial charge < -0.3 is 10.2 Å². The summed E-state index contributed by atoms with van der Waals surface area (Å²) < 4.78 is 26.7. The molecule has 4 rings (SSSR count). The lowest BCUT2D eigenvalue weighted by Gasteiger charge is -2.17. The number of halogens is 1. The van der Waals surface area contributed by atoms with E-state index in [2.05, 4.69) is 5.32 Å². The summed E-state index contributed by atoms with van der Waals surface area (Å²) in [7, 11) is -3.50. The quantitative estimate of drug-likeness (QED) is 0.716. The van der Waals surface area contributed by atoms with Gasteiger partial charge in [0.15, 0.2) is 0 Å². The normalized spacial score (nSPS) is 19.7. The van der Waals surface area contributed by atoms with E-state index in [-0.39, 0.29) is 22.6 Å². The van der Waals surface area contributed by atoms with Crippen LogP contribution in [0.15, 0.2) is 53.4 Å². The van der Waals surface area contributed by atoms with Crippen molar-refractivity contribution in [1.29, 1.82) is 0 Å². The molecule has 2 aromatic rings. The molecule has 31 heavy (non-hydrogen) atoms. The molecule has 2 aliphatic rings. The number of hydrogen-bond donors (Lipinski definition) is 1. The topological polar surface area (TPSA) is 86.8 Å². The lowest BCUT2D eigenvalue weighted by atomic mass is 10.1. The van der Waals surface area contributed by atoms with Gasteiger partial charge in [0.05, 0.1) is 4.90 Å². The number of carbonyl (C=O) groups excluding carboxylic acids is 2. The van der Waals surface area contributed by atoms with E-state index in [1.165, 1.54) is 28.6 Å². The van der Waals surface area contributed by atoms with Crippen molar-refractivity contribution in [3.8, 4) is 0 Å². The number of carbonyl (C=O) groups is 2. The zero-order valence-corrected chi connectivity index (χ0v) is 18.5. The van der Waals surface area contributed by atoms with Crippen LogP contribution in [0.1, 0.15) is 29.6 Å². The number of rotatable bonds is 6. The number of benzene rings is 2. The first-order valence-electron chi connectivity index (χ1n) is 10.3. The van der Waals surface area contributed by atoms with Crippen LogP contribution in [0.3, 0.4) is 0 Å². The van der Waals surface area contributed by atoms with Gasteiger partial charge in [0.2, 0.25) is 15.9 Å². The zero-order chi connectivity index (χ0) is 22.0. The Morgan fingerprint density at radius 3 is 2.32 bits per heavy atom. The number of anilines is 1. The van der Waals surface area contributed by atoms with E-state index in [0.717, 1.165) is 18.5 Å². The fourth-order valence-corrected chi connectivity index (χ4v) is 5.63. The molecule has 7 nitrogen and oxygen atoms in total. The van der Waals surface area contributed by atoms with Gasteiger partial charge in [-0.25, -0.2) is 8.42 Å². The number of hydrogen-bond acceptors (Lipinski definition) is 4. The minimum atomic E-state index is -3.50. The molecule has 0 saturated carbocycles. The fraction of sp³-hybridized carbons (Fsp3) is 0.364. The third-order valence-electron chi connectivity index (χ3n) is 5.71. The van der Waals surface area contributed by atoms with Crippen LogP contribution < -0.4 is 10.2 Å². The summed E-state index contributed by atoms with van der Waals surface area (Å²) in [4.78, 5) is 26.7. The van der Waals surface area contributed by atoms with Gasteiger partial charge in [-0.05, 0) is 61.4 Å². The SMILES string of the molecule is O=C(NCC1CC(=O)N(c2ccc(Cl)cc2)C1)c1ccc(S(=O)(=O)N2CCCC2)cc1. The number of sulfonamides is 1. The van der Waals surface area contributed by atoms with Crippen molar-refractivity contribution in [1.82, 2.24) is 9.62 Å². The molecule has 2 amide bonds. The van der Waals surface area contributed by atoms with Crippen molar-refractivity contribution in [2.45, 2.75) is 24.2 Å². The summed E-state index contributed by atoms with van der Waals surface area (Å²) in [6.45, 7) is 1.96. The van der Waals surface area contributed by atoms with Gasteiger partial charge in [0.1, 0.15) is 0 Å². The van der Waals surface area contributed by atoms with E-state index >= 15 is 0 Å². The molecule has 1 atom stereocenters. The van der Waals surface area contributed by atoms with E-state index in [4.69, 9.17) is 11.6 Å². The van der Waals surface area contributed by atoms with Crippen molar-refractivity contribution in [3.63, 3.8) is 0 Å². The molecule has 0 aliphatic carbocycles. The van der Waals surface area contributed by atoms with Crippen molar-refractivity contribution in [2.24, 2.45) is 5.92 Å². The van der Waals surface area contributed by atoms with E-state index in [9.17, 15) is 18.0 Å². The first kappa shape index (κ1) is 21.8. The first-order chi connectivity index (χ1) is 14.8. The summed E-state index contributed by atoms with van der Waals surface area (Å²) in [6, 6.07) is 13.1. The van der Waals surface area contributed by atoms with Gasteiger partial charge in [0, 0.05) is 54.8 Å². The standard InChI is InChI=1S/C22H24ClN3O4S/c23-18-5-7-19(8-6-18)26-15-16(13-21(26)27)14-24-22(28)17-3-9-20(10-4-17)31(29,30)25-11-1-2-12-25/h3-10,16H,1-2,11-15H2,(H,24,28). The molecule has 9 heteroatoms. The maximum atomic E-state index is 12.6. The number of nitrogens with one attached hydrogen (secondary N) is 1. The van der Waals surface area contributed by atoms with Crippen LogP contribution >= 0.6 is 11.6 Å². The van der Waals surface area contributed by atoms with Crippen molar-refractivity contribution < 1.29 is 18.0 Å². The van der Waals surface area contributed by atoms with Gasteiger partial charge in [-0.15, -0.1) is 0 Å². The van der Waals surface area contributed by atoms with Gasteiger partial charge >= 0.3 is 0 Å². The number of nitrogens with zero attached hydrogens (tertiary/aromatic N) is 2. The van der Waals surface area contributed by atoms with E-state index in [1.54, 1.807) is 29.2 Å². The molecular formula is C22H24ClN3O4S. The molecule has 2 aliphatic heterocycles. The van der Waals surface area contributed by atoms with Crippen LogP contribution in [0.2, 0.25) is 5.02 Å². The largest absolute Gasteiger partial charge is 0.352 e. The summed E-state index contributed by atoms with van der Waals surface area (Å²) in [5.41, 5.74) is 1.18. The molecule has 2 heterocycles. The Bertz CT molecular complexity index is 1060. The summed E-state index contributed by atoms with van der Waals surface area (Å²) in [5, 5.41) is 3.47. The molecule has 0 aromatic heterocycles. The third kappa shape index (κ3) is 4.76. The summed E-state index contributed by atoms with van der Waals surface area (Å²) in [5.74, 6) is -0.275. The van der Waals surface area contributed by atoms with Crippen molar-refractivity contribution in [3.05, 3.63) is 59.1 Å². The summed E-state index contributed by atoms with van der Waals surface area (Å²) >= 11 is 5.91. The molecule has 0 bridgehead atoms. The molecule has 0 radical (unpaired) electrons. The van der Waals surface area contributed by atoms with Crippen LogP contribution in [-0.4, -0.2) is 50.7 Å². The monoisotopic (exact) mass is 461 g/mol. The highest BCUT2D eigenvalue weighted by Crippen LogP contribution is 2.26. The molecule has 1 unspecified atom stereocenters. The highest BCUT2D eigenvalue weighted by Gasteiger charge is 2.31. The smallest absolute Gasteiger partial charge is 0.251 e. The van der Waals surface area contributed by atoms with Crippen LogP contribution in [0, 0.1) is 5.92 Å². The minimum Gasteiger partial charge on any atom is -0.352 e. The lowest BCUT2D eigenvalue weighted by molar-refractivity contribution is -0.117. The predicted octanol–water partition coefficient (Wildman–Crippen LogP) is 2.91. The Labute approximate surface area is 187 Å². The fourth-order valence-electron chi connectivity index (χ4n) is 3.98. The van der Waals surface area contributed by atoms with Crippen LogP contribution in [0.25, 0.3) is 0 Å². The van der Waals surface area contributed by atoms with Crippen molar-refractivity contribution in [2.75, 3.05) is 31.1 Å². The average Bonchev–Trinajstić information content (AvgIpc) is 3.43. The third-order valence-corrected chi connectivity index (χ3v) is 7.88. The molecule has 0 spiro atoms. The Balaban J connectivity index is 1.34. The van der Waals surface area contributed by atoms with Crippen LogP contribution in [0.4, 0.5) is 5.69 Å². The maximum Gasteiger partial charge on any atom is 0.251 e.